The zero-order valence-corrected chi connectivity index (χ0v) is 11.7. The Morgan fingerprint density at radius 2 is 2.24 bits per heavy atom. The molecule has 2 amide bonds. The molecule has 7 nitrogen and oxygen atoms in total. The summed E-state index contributed by atoms with van der Waals surface area (Å²) < 4.78 is 5.33. The number of nitrogens with zero attached hydrogens (tertiary/aromatic N) is 1. The van der Waals surface area contributed by atoms with Crippen molar-refractivity contribution in [3.8, 4) is 5.75 Å². The molecule has 0 saturated carbocycles. The molecule has 1 aromatic rings. The van der Waals surface area contributed by atoms with Crippen LogP contribution in [0.25, 0.3) is 0 Å². The third-order valence-corrected chi connectivity index (χ3v) is 3.45. The fourth-order valence-electron chi connectivity index (χ4n) is 2.22. The van der Waals surface area contributed by atoms with E-state index in [0.29, 0.717) is 19.8 Å². The number of hydrogen-bond acceptors (Lipinski definition) is 4. The number of urea groups is 1. The van der Waals surface area contributed by atoms with Crippen LogP contribution < -0.4 is 5.32 Å². The molecule has 1 unspecified atom stereocenters. The number of ether oxygens (including phenoxy) is 1. The van der Waals surface area contributed by atoms with Gasteiger partial charge in [-0.2, -0.15) is 0 Å². The molecule has 21 heavy (non-hydrogen) atoms. The fourth-order valence-corrected chi connectivity index (χ4v) is 2.22. The number of amides is 2. The maximum absolute atomic E-state index is 12.2. The predicted octanol–water partition coefficient (Wildman–Crippen LogP) is 1.73. The molecule has 1 aromatic carbocycles. The zero-order valence-electron chi connectivity index (χ0n) is 11.7. The Balaban J connectivity index is 2.10. The van der Waals surface area contributed by atoms with Crippen molar-refractivity contribution < 1.29 is 24.5 Å². The van der Waals surface area contributed by atoms with Gasteiger partial charge in [0, 0.05) is 6.54 Å². The molecule has 1 atom stereocenters. The average molecular weight is 294 g/mol. The third-order valence-electron chi connectivity index (χ3n) is 3.45. The molecule has 0 bridgehead atoms. The van der Waals surface area contributed by atoms with Crippen LogP contribution in [0.3, 0.4) is 0 Å². The Kier molecular flexibility index (Phi) is 4.64. The van der Waals surface area contributed by atoms with Gasteiger partial charge in [0.25, 0.3) is 0 Å². The molecular weight excluding hydrogens is 276 g/mol. The number of carboxylic acids is 1. The van der Waals surface area contributed by atoms with Crippen LogP contribution in [0.4, 0.5) is 10.5 Å². The SMILES string of the molecule is CCC1COCCN1C(=O)Nc1ccc(C(=O)O)cc1O. The van der Waals surface area contributed by atoms with E-state index in [9.17, 15) is 14.7 Å². The van der Waals surface area contributed by atoms with Crippen molar-refractivity contribution in [1.29, 1.82) is 0 Å². The van der Waals surface area contributed by atoms with Gasteiger partial charge in [-0.15, -0.1) is 0 Å². The number of carbonyl (C=O) groups excluding carboxylic acids is 1. The van der Waals surface area contributed by atoms with Gasteiger partial charge in [0.15, 0.2) is 0 Å². The van der Waals surface area contributed by atoms with Crippen LogP contribution in [-0.2, 0) is 4.74 Å². The summed E-state index contributed by atoms with van der Waals surface area (Å²) in [6, 6.07) is 3.48. The van der Waals surface area contributed by atoms with Gasteiger partial charge in [0.05, 0.1) is 30.5 Å². The number of phenols is 1. The standard InChI is InChI=1S/C14H18N2O5/c1-2-10-8-21-6-5-16(10)14(20)15-11-4-3-9(13(18)19)7-12(11)17/h3-4,7,10,17H,2,5-6,8H2,1H3,(H,15,20)(H,18,19). The van der Waals surface area contributed by atoms with Gasteiger partial charge in [-0.1, -0.05) is 6.92 Å². The molecule has 7 heteroatoms. The first-order valence-corrected chi connectivity index (χ1v) is 6.74. The van der Waals surface area contributed by atoms with Gasteiger partial charge in [0.2, 0.25) is 0 Å². The number of carbonyl (C=O) groups is 2. The molecule has 2 rings (SSSR count). The topological polar surface area (TPSA) is 99.1 Å². The minimum atomic E-state index is -1.14. The highest BCUT2D eigenvalue weighted by Gasteiger charge is 2.26. The van der Waals surface area contributed by atoms with Crippen LogP contribution in [0.2, 0.25) is 0 Å². The normalized spacial score (nSPS) is 18.3. The van der Waals surface area contributed by atoms with E-state index < -0.39 is 5.97 Å². The fraction of sp³-hybridized carbons (Fsp3) is 0.429. The number of nitrogens with one attached hydrogen (secondary N) is 1. The first-order chi connectivity index (χ1) is 10.0. The van der Waals surface area contributed by atoms with Crippen LogP contribution >= 0.6 is 0 Å². The van der Waals surface area contributed by atoms with E-state index in [1.54, 1.807) is 4.90 Å². The second kappa shape index (κ2) is 6.45. The average Bonchev–Trinajstić information content (AvgIpc) is 2.48. The molecule has 1 aliphatic heterocycles. The van der Waals surface area contributed by atoms with Crippen molar-refractivity contribution in [2.45, 2.75) is 19.4 Å². The Hall–Kier alpha value is -2.28. The molecule has 0 aromatic heterocycles. The predicted molar refractivity (Wildman–Crippen MR) is 75.7 cm³/mol. The number of phenolic OH excluding ortho intramolecular Hbond substituents is 1. The van der Waals surface area contributed by atoms with E-state index in [0.717, 1.165) is 12.5 Å². The Morgan fingerprint density at radius 3 is 2.86 bits per heavy atom. The van der Waals surface area contributed by atoms with Gasteiger partial charge in [-0.3, -0.25) is 0 Å². The van der Waals surface area contributed by atoms with E-state index in [4.69, 9.17) is 9.84 Å². The van der Waals surface area contributed by atoms with Gasteiger partial charge in [-0.25, -0.2) is 9.59 Å². The largest absolute Gasteiger partial charge is 0.506 e. The number of rotatable bonds is 3. The van der Waals surface area contributed by atoms with Crippen LogP contribution in [0.1, 0.15) is 23.7 Å². The molecule has 1 aliphatic rings. The minimum absolute atomic E-state index is 0.000754. The second-order valence-electron chi connectivity index (χ2n) is 4.80. The number of morpholine rings is 1. The van der Waals surface area contributed by atoms with E-state index in [1.165, 1.54) is 12.1 Å². The van der Waals surface area contributed by atoms with E-state index in [-0.39, 0.29) is 29.1 Å². The molecule has 0 spiro atoms. The van der Waals surface area contributed by atoms with Crippen molar-refractivity contribution in [3.05, 3.63) is 23.8 Å². The van der Waals surface area contributed by atoms with Crippen molar-refractivity contribution in [1.82, 2.24) is 4.90 Å². The number of aromatic carboxylic acids is 1. The second-order valence-corrected chi connectivity index (χ2v) is 4.80. The van der Waals surface area contributed by atoms with E-state index >= 15 is 0 Å². The molecule has 3 N–H and O–H groups in total. The van der Waals surface area contributed by atoms with Crippen molar-refractivity contribution in [3.63, 3.8) is 0 Å². The molecule has 1 saturated heterocycles. The lowest BCUT2D eigenvalue weighted by molar-refractivity contribution is 0.0144. The maximum Gasteiger partial charge on any atom is 0.335 e. The Bertz CT molecular complexity index is 546. The van der Waals surface area contributed by atoms with Gasteiger partial charge < -0.3 is 25.2 Å². The monoisotopic (exact) mass is 294 g/mol. The molecule has 114 valence electrons. The summed E-state index contributed by atoms with van der Waals surface area (Å²) in [4.78, 5) is 24.7. The highest BCUT2D eigenvalue weighted by atomic mass is 16.5. The number of hydrogen-bond donors (Lipinski definition) is 3. The van der Waals surface area contributed by atoms with E-state index in [1.807, 2.05) is 6.92 Å². The summed E-state index contributed by atoms with van der Waals surface area (Å²) in [5, 5.41) is 21.2. The highest BCUT2D eigenvalue weighted by Crippen LogP contribution is 2.25. The number of carboxylic acid groups (broad SMARTS) is 1. The Labute approximate surface area is 122 Å². The summed E-state index contributed by atoms with van der Waals surface area (Å²) in [7, 11) is 0. The minimum Gasteiger partial charge on any atom is -0.506 e. The number of aromatic hydroxyl groups is 1. The van der Waals surface area contributed by atoms with Crippen LogP contribution in [0.15, 0.2) is 18.2 Å². The summed E-state index contributed by atoms with van der Waals surface area (Å²) >= 11 is 0. The molecular formula is C14H18N2O5. The summed E-state index contributed by atoms with van der Waals surface area (Å²) in [5.41, 5.74) is 0.148. The smallest absolute Gasteiger partial charge is 0.335 e. The summed E-state index contributed by atoms with van der Waals surface area (Å²) in [5.74, 6) is -1.41. The number of anilines is 1. The highest BCUT2D eigenvalue weighted by molar-refractivity contribution is 5.93. The van der Waals surface area contributed by atoms with Crippen molar-refractivity contribution in [2.24, 2.45) is 0 Å². The Morgan fingerprint density at radius 1 is 1.48 bits per heavy atom. The maximum atomic E-state index is 12.2. The first kappa shape index (κ1) is 15.1. The van der Waals surface area contributed by atoms with Crippen molar-refractivity contribution in [2.75, 3.05) is 25.1 Å². The molecule has 0 aliphatic carbocycles. The van der Waals surface area contributed by atoms with E-state index in [2.05, 4.69) is 5.32 Å². The lowest BCUT2D eigenvalue weighted by atomic mass is 10.1. The van der Waals surface area contributed by atoms with Crippen LogP contribution in [-0.4, -0.2) is 52.9 Å². The van der Waals surface area contributed by atoms with Crippen LogP contribution in [0.5, 0.6) is 5.75 Å². The zero-order chi connectivity index (χ0) is 15.4. The van der Waals surface area contributed by atoms with Gasteiger partial charge in [-0.05, 0) is 24.6 Å². The molecule has 0 radical (unpaired) electrons. The van der Waals surface area contributed by atoms with Gasteiger partial charge >= 0.3 is 12.0 Å². The quantitative estimate of drug-likeness (QED) is 0.737. The van der Waals surface area contributed by atoms with Gasteiger partial charge in [0.1, 0.15) is 5.75 Å². The summed E-state index contributed by atoms with van der Waals surface area (Å²) in [6.45, 7) is 3.43. The first-order valence-electron chi connectivity index (χ1n) is 6.74. The van der Waals surface area contributed by atoms with Crippen LogP contribution in [0, 0.1) is 0 Å². The number of benzene rings is 1. The lowest BCUT2D eigenvalue weighted by Gasteiger charge is -2.35. The molecule has 1 fully saturated rings. The molecule has 1 heterocycles. The third kappa shape index (κ3) is 3.43. The van der Waals surface area contributed by atoms with Crippen molar-refractivity contribution >= 4 is 17.7 Å². The summed E-state index contributed by atoms with van der Waals surface area (Å²) in [6.07, 6.45) is 0.775. The lowest BCUT2D eigenvalue weighted by Crippen LogP contribution is -2.50.